The molecule has 1 aromatic carbocycles. The fraction of sp³-hybridized carbons (Fsp3) is 0.348. The molecule has 2 aliphatic rings. The number of hydrogen-bond acceptors (Lipinski definition) is 5. The third-order valence-electron chi connectivity index (χ3n) is 5.75. The molecule has 2 saturated heterocycles. The normalized spacial score (nSPS) is 21.2. The van der Waals surface area contributed by atoms with Crippen LogP contribution < -0.4 is 15.1 Å². The first-order chi connectivity index (χ1) is 15.4. The summed E-state index contributed by atoms with van der Waals surface area (Å²) in [6, 6.07) is 8.91. The lowest BCUT2D eigenvalue weighted by molar-refractivity contribution is -0.125. The summed E-state index contributed by atoms with van der Waals surface area (Å²) in [4.78, 5) is 42.1. The molecule has 4 rings (SSSR count). The molecule has 3 amide bonds. The Labute approximate surface area is 199 Å². The Bertz CT molecular complexity index is 1070. The molecule has 1 N–H and O–H groups in total. The number of aryl methyl sites for hydroxylation is 1. The van der Waals surface area contributed by atoms with Gasteiger partial charge in [-0.2, -0.15) is 0 Å². The molecule has 9 heteroatoms. The van der Waals surface area contributed by atoms with E-state index in [4.69, 9.17) is 4.74 Å². The summed E-state index contributed by atoms with van der Waals surface area (Å²) in [5, 5.41) is 3.03. The van der Waals surface area contributed by atoms with E-state index in [9.17, 15) is 14.4 Å². The zero-order valence-electron chi connectivity index (χ0n) is 17.7. The van der Waals surface area contributed by atoms with Gasteiger partial charge in [-0.05, 0) is 65.2 Å². The number of nitrogens with zero attached hydrogens (tertiary/aromatic N) is 2. The van der Waals surface area contributed by atoms with Crippen LogP contribution in [0.1, 0.15) is 21.7 Å². The van der Waals surface area contributed by atoms with Gasteiger partial charge < -0.3 is 19.9 Å². The van der Waals surface area contributed by atoms with Crippen molar-refractivity contribution in [2.45, 2.75) is 19.4 Å². The van der Waals surface area contributed by atoms with Crippen molar-refractivity contribution < 1.29 is 19.1 Å². The van der Waals surface area contributed by atoms with Gasteiger partial charge in [0.05, 0.1) is 27.2 Å². The van der Waals surface area contributed by atoms with Crippen molar-refractivity contribution in [3.8, 4) is 0 Å². The lowest BCUT2D eigenvalue weighted by Gasteiger charge is -2.29. The van der Waals surface area contributed by atoms with Gasteiger partial charge >= 0.3 is 0 Å². The van der Waals surface area contributed by atoms with Crippen molar-refractivity contribution in [2.75, 3.05) is 36.1 Å². The van der Waals surface area contributed by atoms with E-state index in [0.717, 1.165) is 20.7 Å². The predicted octanol–water partition coefficient (Wildman–Crippen LogP) is 3.52. The molecule has 0 radical (unpaired) electrons. The number of anilines is 2. The fourth-order valence-electron chi connectivity index (χ4n) is 4.17. The number of carbonyl (C=O) groups excluding carboxylic acids is 3. The molecule has 2 aliphatic heterocycles. The van der Waals surface area contributed by atoms with E-state index in [1.54, 1.807) is 21.9 Å². The molecule has 0 aliphatic carbocycles. The highest BCUT2D eigenvalue weighted by atomic mass is 79.9. The summed E-state index contributed by atoms with van der Waals surface area (Å²) < 4.78 is 6.09. The molecular weight excluding hydrogens is 494 g/mol. The average Bonchev–Trinajstić information content (AvgIpc) is 3.33. The monoisotopic (exact) mass is 517 g/mol. The Morgan fingerprint density at radius 3 is 2.78 bits per heavy atom. The van der Waals surface area contributed by atoms with Crippen molar-refractivity contribution in [1.29, 1.82) is 0 Å². The number of allylic oxidation sites excluding steroid dienone is 1. The van der Waals surface area contributed by atoms with E-state index < -0.39 is 0 Å². The van der Waals surface area contributed by atoms with Gasteiger partial charge in [0.25, 0.3) is 11.8 Å². The minimum Gasteiger partial charge on any atom is -0.370 e. The van der Waals surface area contributed by atoms with Crippen molar-refractivity contribution in [3.63, 3.8) is 0 Å². The minimum atomic E-state index is -0.374. The Kier molecular flexibility index (Phi) is 6.78. The average molecular weight is 518 g/mol. The third-order valence-corrected chi connectivity index (χ3v) is 7.37. The zero-order valence-corrected chi connectivity index (χ0v) is 20.1. The molecule has 0 bridgehead atoms. The largest absolute Gasteiger partial charge is 0.370 e. The van der Waals surface area contributed by atoms with Crippen LogP contribution in [0.15, 0.2) is 46.8 Å². The second-order valence-electron chi connectivity index (χ2n) is 7.83. The standard InChI is InChI=1S/C23H24BrN3O4S/c1-3-4-16-17(25-22(29)19-7-8-20(24)32-19)12-27(23(16)30)15-5-6-18(14(2)11-15)26-9-10-31-13-21(26)28/h3,5-8,11,16-17H,1,4,9-10,12-13H2,2H3,(H,25,29)/t16-,17+/m1/s1. The molecule has 32 heavy (non-hydrogen) atoms. The summed E-state index contributed by atoms with van der Waals surface area (Å²) >= 11 is 4.73. The van der Waals surface area contributed by atoms with E-state index in [-0.39, 0.29) is 36.3 Å². The molecule has 2 fully saturated rings. The van der Waals surface area contributed by atoms with Crippen LogP contribution in [0.3, 0.4) is 0 Å². The van der Waals surface area contributed by atoms with Crippen molar-refractivity contribution in [2.24, 2.45) is 5.92 Å². The number of morpholine rings is 1. The molecule has 2 aromatic rings. The molecule has 1 aromatic heterocycles. The Morgan fingerprint density at radius 2 is 2.12 bits per heavy atom. The van der Waals surface area contributed by atoms with Crippen LogP contribution >= 0.6 is 27.3 Å². The van der Waals surface area contributed by atoms with Crippen LogP contribution in [0.4, 0.5) is 11.4 Å². The molecule has 0 saturated carbocycles. The molecule has 168 valence electrons. The number of thiophene rings is 1. The van der Waals surface area contributed by atoms with Gasteiger partial charge in [-0.3, -0.25) is 14.4 Å². The van der Waals surface area contributed by atoms with E-state index >= 15 is 0 Å². The van der Waals surface area contributed by atoms with Crippen LogP contribution in [-0.4, -0.2) is 50.1 Å². The number of rotatable bonds is 6. The van der Waals surface area contributed by atoms with Crippen LogP contribution in [0.5, 0.6) is 0 Å². The Morgan fingerprint density at radius 1 is 1.31 bits per heavy atom. The molecule has 0 unspecified atom stereocenters. The number of nitrogens with one attached hydrogen (secondary N) is 1. The van der Waals surface area contributed by atoms with E-state index in [1.165, 1.54) is 11.3 Å². The second-order valence-corrected chi connectivity index (χ2v) is 10.3. The summed E-state index contributed by atoms with van der Waals surface area (Å²) in [5.41, 5.74) is 2.48. The number of amides is 3. The van der Waals surface area contributed by atoms with Crippen LogP contribution in [0, 0.1) is 12.8 Å². The predicted molar refractivity (Wildman–Crippen MR) is 128 cm³/mol. The molecular formula is C23H24BrN3O4S. The maximum atomic E-state index is 13.2. The van der Waals surface area contributed by atoms with Gasteiger partial charge in [0.1, 0.15) is 6.61 Å². The van der Waals surface area contributed by atoms with E-state index in [2.05, 4.69) is 27.8 Å². The molecule has 7 nitrogen and oxygen atoms in total. The lowest BCUT2D eigenvalue weighted by Crippen LogP contribution is -2.42. The van der Waals surface area contributed by atoms with Crippen LogP contribution in [-0.2, 0) is 14.3 Å². The van der Waals surface area contributed by atoms with E-state index in [0.29, 0.717) is 31.0 Å². The van der Waals surface area contributed by atoms with Crippen molar-refractivity contribution >= 4 is 56.4 Å². The first-order valence-corrected chi connectivity index (χ1v) is 12.0. The van der Waals surface area contributed by atoms with Gasteiger partial charge in [0.15, 0.2) is 0 Å². The van der Waals surface area contributed by atoms with Crippen LogP contribution in [0.2, 0.25) is 0 Å². The van der Waals surface area contributed by atoms with Gasteiger partial charge in [-0.25, -0.2) is 0 Å². The number of carbonyl (C=O) groups is 3. The lowest BCUT2D eigenvalue weighted by atomic mass is 9.99. The third kappa shape index (κ3) is 4.51. The quantitative estimate of drug-likeness (QED) is 0.594. The topological polar surface area (TPSA) is 79.0 Å². The SMILES string of the molecule is C=CC[C@H]1C(=O)N(c2ccc(N3CCOCC3=O)c(C)c2)C[C@@H]1NC(=O)c1ccc(Br)s1. The Balaban J connectivity index is 1.54. The number of benzene rings is 1. The van der Waals surface area contributed by atoms with Gasteiger partial charge in [-0.1, -0.05) is 6.08 Å². The molecule has 0 spiro atoms. The fourth-order valence-corrected chi connectivity index (χ4v) is 5.46. The maximum Gasteiger partial charge on any atom is 0.261 e. The maximum absolute atomic E-state index is 13.2. The molecule has 2 atom stereocenters. The first-order valence-electron chi connectivity index (χ1n) is 10.4. The summed E-state index contributed by atoms with van der Waals surface area (Å²) in [7, 11) is 0. The highest BCUT2D eigenvalue weighted by molar-refractivity contribution is 9.11. The zero-order chi connectivity index (χ0) is 22.8. The van der Waals surface area contributed by atoms with E-state index in [1.807, 2.05) is 31.2 Å². The molecule has 3 heterocycles. The van der Waals surface area contributed by atoms with Gasteiger partial charge in [0.2, 0.25) is 5.91 Å². The van der Waals surface area contributed by atoms with Crippen molar-refractivity contribution in [3.05, 3.63) is 57.2 Å². The van der Waals surface area contributed by atoms with Crippen molar-refractivity contribution in [1.82, 2.24) is 5.32 Å². The summed E-state index contributed by atoms with van der Waals surface area (Å²) in [5.74, 6) is -0.678. The highest BCUT2D eigenvalue weighted by Crippen LogP contribution is 2.32. The highest BCUT2D eigenvalue weighted by Gasteiger charge is 2.41. The Hall–Kier alpha value is -2.49. The van der Waals surface area contributed by atoms with Gasteiger partial charge in [-0.15, -0.1) is 17.9 Å². The summed E-state index contributed by atoms with van der Waals surface area (Å²) in [6.45, 7) is 7.18. The smallest absolute Gasteiger partial charge is 0.261 e. The minimum absolute atomic E-state index is 0.0443. The first kappa shape index (κ1) is 22.7. The number of halogens is 1. The summed E-state index contributed by atoms with van der Waals surface area (Å²) in [6.07, 6.45) is 2.19. The van der Waals surface area contributed by atoms with Crippen LogP contribution in [0.25, 0.3) is 0 Å². The number of hydrogen-bond donors (Lipinski definition) is 1. The second kappa shape index (κ2) is 9.56. The number of ether oxygens (including phenoxy) is 1. The van der Waals surface area contributed by atoms with Gasteiger partial charge in [0, 0.05) is 24.5 Å².